The van der Waals surface area contributed by atoms with Gasteiger partial charge < -0.3 is 14.2 Å². The van der Waals surface area contributed by atoms with Gasteiger partial charge in [0, 0.05) is 12.5 Å². The van der Waals surface area contributed by atoms with Crippen molar-refractivity contribution in [3.05, 3.63) is 0 Å². The number of carbonyl (C=O) groups excluding carboxylic acids is 3. The second-order valence-corrected chi connectivity index (χ2v) is 16.8. The number of fused-ring (bicyclic) bond motifs is 1. The zero-order valence-corrected chi connectivity index (χ0v) is 20.3. The molecule has 8 heteroatoms. The van der Waals surface area contributed by atoms with Gasteiger partial charge in [0.05, 0.1) is 21.1 Å². The number of rotatable bonds is 2. The molecule has 4 atom stereocenters. The Morgan fingerprint density at radius 3 is 2.03 bits per heavy atom. The first-order chi connectivity index (χ1) is 13.0. The van der Waals surface area contributed by atoms with Crippen molar-refractivity contribution in [1.82, 2.24) is 4.90 Å². The van der Waals surface area contributed by atoms with E-state index in [1.807, 2.05) is 0 Å². The van der Waals surface area contributed by atoms with Gasteiger partial charge in [-0.1, -0.05) is 19.6 Å². The van der Waals surface area contributed by atoms with Gasteiger partial charge in [0.1, 0.15) is 17.2 Å². The monoisotopic (exact) mass is 427 g/mol. The molecule has 0 unspecified atom stereocenters. The Labute approximate surface area is 175 Å². The van der Waals surface area contributed by atoms with Crippen molar-refractivity contribution in [3.63, 3.8) is 0 Å². The molecule has 2 rings (SSSR count). The van der Waals surface area contributed by atoms with Crippen LogP contribution in [0.2, 0.25) is 25.2 Å². The Balaban J connectivity index is 2.45. The third kappa shape index (κ3) is 5.96. The van der Waals surface area contributed by atoms with Crippen molar-refractivity contribution in [2.45, 2.75) is 90.4 Å². The highest BCUT2D eigenvalue weighted by Crippen LogP contribution is 2.46. The largest absolute Gasteiger partial charge is 0.466 e. The van der Waals surface area contributed by atoms with E-state index in [1.165, 1.54) is 4.90 Å². The second-order valence-electron chi connectivity index (χ2n) is 11.3. The molecule has 0 aromatic rings. The molecule has 0 aromatic heterocycles. The van der Waals surface area contributed by atoms with E-state index in [9.17, 15) is 14.4 Å². The third-order valence-corrected chi connectivity index (χ3v) is 8.25. The lowest BCUT2D eigenvalue weighted by atomic mass is 9.86. The predicted octanol–water partition coefficient (Wildman–Crippen LogP) is 3.84. The third-order valence-electron chi connectivity index (χ3n) is 5.43. The number of amides is 1. The van der Waals surface area contributed by atoms with E-state index in [2.05, 4.69) is 19.6 Å². The average molecular weight is 428 g/mol. The molecular formula is C21H37NO6Si. The van der Waals surface area contributed by atoms with Crippen LogP contribution in [0.25, 0.3) is 0 Å². The maximum atomic E-state index is 13.2. The van der Waals surface area contributed by atoms with Crippen LogP contribution in [0.3, 0.4) is 0 Å². The van der Waals surface area contributed by atoms with Crippen molar-refractivity contribution in [2.75, 3.05) is 13.2 Å². The fourth-order valence-corrected chi connectivity index (χ4v) is 6.47. The van der Waals surface area contributed by atoms with Crippen molar-refractivity contribution in [2.24, 2.45) is 11.8 Å². The van der Waals surface area contributed by atoms with Crippen molar-refractivity contribution in [1.29, 1.82) is 0 Å². The van der Waals surface area contributed by atoms with Crippen LogP contribution in [0.15, 0.2) is 0 Å². The summed E-state index contributed by atoms with van der Waals surface area (Å²) in [5.41, 5.74) is -1.23. The first kappa shape index (κ1) is 23.7. The molecule has 166 valence electrons. The number of cyclic esters (lactones) is 1. The minimum absolute atomic E-state index is 0.00171. The number of likely N-dealkylation sites (tertiary alicyclic amines) is 1. The molecule has 0 bridgehead atoms. The summed E-state index contributed by atoms with van der Waals surface area (Å²) < 4.78 is 16.7. The van der Waals surface area contributed by atoms with Crippen LogP contribution in [0, 0.1) is 11.8 Å². The van der Waals surface area contributed by atoms with E-state index in [-0.39, 0.29) is 29.8 Å². The molecule has 0 aromatic carbocycles. The maximum Gasteiger partial charge on any atom is 0.411 e. The molecule has 0 saturated carbocycles. The van der Waals surface area contributed by atoms with Crippen LogP contribution < -0.4 is 0 Å². The predicted molar refractivity (Wildman–Crippen MR) is 112 cm³/mol. The van der Waals surface area contributed by atoms with Crippen molar-refractivity contribution >= 4 is 26.1 Å². The van der Waals surface area contributed by atoms with Crippen LogP contribution in [-0.4, -0.2) is 61.4 Å². The van der Waals surface area contributed by atoms with E-state index in [0.29, 0.717) is 13.2 Å². The van der Waals surface area contributed by atoms with Gasteiger partial charge in [-0.25, -0.2) is 9.59 Å². The average Bonchev–Trinajstić information content (AvgIpc) is 2.73. The summed E-state index contributed by atoms with van der Waals surface area (Å²) in [4.78, 5) is 40.0. The molecular weight excluding hydrogens is 390 g/mol. The molecule has 7 nitrogen and oxygen atoms in total. The van der Waals surface area contributed by atoms with Crippen LogP contribution in [0.4, 0.5) is 4.79 Å². The number of hydrogen-bond acceptors (Lipinski definition) is 6. The van der Waals surface area contributed by atoms with Crippen LogP contribution in [0.1, 0.15) is 48.0 Å². The molecule has 2 fully saturated rings. The van der Waals surface area contributed by atoms with Gasteiger partial charge in [0.2, 0.25) is 0 Å². The summed E-state index contributed by atoms with van der Waals surface area (Å²) in [7, 11) is -1.73. The summed E-state index contributed by atoms with van der Waals surface area (Å²) in [6, 6.07) is -0.849. The van der Waals surface area contributed by atoms with Gasteiger partial charge >= 0.3 is 18.0 Å². The van der Waals surface area contributed by atoms with Gasteiger partial charge in [0.25, 0.3) is 0 Å². The fraction of sp³-hybridized carbons (Fsp3) is 0.857. The molecule has 0 radical (unpaired) electrons. The van der Waals surface area contributed by atoms with Crippen LogP contribution in [-0.2, 0) is 23.8 Å². The summed E-state index contributed by atoms with van der Waals surface area (Å²) in [6.45, 7) is 18.2. The topological polar surface area (TPSA) is 82.1 Å². The zero-order valence-electron chi connectivity index (χ0n) is 19.3. The van der Waals surface area contributed by atoms with E-state index >= 15 is 0 Å². The molecule has 2 aliphatic heterocycles. The Hall–Kier alpha value is -1.57. The molecule has 0 aliphatic carbocycles. The van der Waals surface area contributed by atoms with Gasteiger partial charge in [0.15, 0.2) is 0 Å². The zero-order chi connectivity index (χ0) is 22.4. The van der Waals surface area contributed by atoms with Gasteiger partial charge in [-0.15, -0.1) is 0 Å². The lowest BCUT2D eigenvalue weighted by molar-refractivity contribution is -0.162. The van der Waals surface area contributed by atoms with Gasteiger partial charge in [-0.2, -0.15) is 0 Å². The smallest absolute Gasteiger partial charge is 0.411 e. The van der Waals surface area contributed by atoms with E-state index in [0.717, 1.165) is 0 Å². The Morgan fingerprint density at radius 1 is 1.00 bits per heavy atom. The first-order valence-corrected chi connectivity index (χ1v) is 14.0. The summed E-state index contributed by atoms with van der Waals surface area (Å²) in [5, 5.41) is 0. The standard InChI is InChI=1S/C21H37NO6Si/c1-20(2,3)27-18(24)17-13-10-16(23)26-12-15(29(7,8)9)14(13)11-22(17)19(25)28-21(4,5)6/h13-15,17H,10-12H2,1-9H3/t13-,14-,15-,17-/m0/s1. The number of ether oxygens (including phenoxy) is 3. The Bertz CT molecular complexity index is 658. The van der Waals surface area contributed by atoms with Gasteiger partial charge in [-0.05, 0) is 53.0 Å². The lowest BCUT2D eigenvalue weighted by Gasteiger charge is -2.33. The lowest BCUT2D eigenvalue weighted by Crippen LogP contribution is -2.48. The molecule has 0 N–H and O–H groups in total. The number of carbonyl (C=O) groups is 3. The fourth-order valence-electron chi connectivity index (χ4n) is 4.25. The highest BCUT2D eigenvalue weighted by atomic mass is 28.3. The van der Waals surface area contributed by atoms with Crippen LogP contribution in [0.5, 0.6) is 0 Å². The summed E-state index contributed by atoms with van der Waals surface area (Å²) in [5.74, 6) is -1.14. The Kier molecular flexibility index (Phi) is 6.48. The second kappa shape index (κ2) is 7.93. The first-order valence-electron chi connectivity index (χ1n) is 10.4. The number of nitrogens with zero attached hydrogens (tertiary/aromatic N) is 1. The molecule has 2 aliphatic rings. The van der Waals surface area contributed by atoms with Crippen LogP contribution >= 0.6 is 0 Å². The minimum Gasteiger partial charge on any atom is -0.466 e. The van der Waals surface area contributed by atoms with E-state index in [1.54, 1.807) is 41.5 Å². The maximum absolute atomic E-state index is 13.2. The molecule has 2 heterocycles. The van der Waals surface area contributed by atoms with Crippen molar-refractivity contribution in [3.8, 4) is 0 Å². The normalized spacial score (nSPS) is 28.3. The highest BCUT2D eigenvalue weighted by molar-refractivity contribution is 6.77. The number of esters is 2. The SMILES string of the molecule is CC(C)(C)OC(=O)[C@@H]1[C@H]2CC(=O)OC[C@H]([Si](C)(C)C)[C@H]2CN1C(=O)OC(C)(C)C. The quantitative estimate of drug-likeness (QED) is 0.378. The molecule has 0 spiro atoms. The molecule has 1 amide bonds. The van der Waals surface area contributed by atoms with E-state index in [4.69, 9.17) is 14.2 Å². The minimum atomic E-state index is -1.73. The number of hydrogen-bond donors (Lipinski definition) is 0. The summed E-state index contributed by atoms with van der Waals surface area (Å²) >= 11 is 0. The Morgan fingerprint density at radius 2 is 1.55 bits per heavy atom. The van der Waals surface area contributed by atoms with Crippen molar-refractivity contribution < 1.29 is 28.6 Å². The van der Waals surface area contributed by atoms with Gasteiger partial charge in [-0.3, -0.25) is 9.69 Å². The highest BCUT2D eigenvalue weighted by Gasteiger charge is 2.56. The molecule has 2 saturated heterocycles. The van der Waals surface area contributed by atoms with E-state index < -0.39 is 37.4 Å². The molecule has 29 heavy (non-hydrogen) atoms. The summed E-state index contributed by atoms with van der Waals surface area (Å²) in [6.07, 6.45) is -0.432.